The van der Waals surface area contributed by atoms with Gasteiger partial charge in [0.25, 0.3) is 5.91 Å². The number of hydrogen-bond donors (Lipinski definition) is 1. The molecular formula is C21H25NO3. The van der Waals surface area contributed by atoms with Crippen LogP contribution in [-0.4, -0.2) is 18.0 Å². The van der Waals surface area contributed by atoms with E-state index in [1.54, 1.807) is 6.92 Å². The lowest BCUT2D eigenvalue weighted by Gasteiger charge is -2.14. The van der Waals surface area contributed by atoms with Crippen LogP contribution < -0.4 is 5.32 Å². The Bertz CT molecular complexity index is 750. The van der Waals surface area contributed by atoms with E-state index in [2.05, 4.69) is 12.2 Å². The van der Waals surface area contributed by atoms with E-state index in [4.69, 9.17) is 4.74 Å². The molecule has 1 amide bonds. The van der Waals surface area contributed by atoms with Crippen molar-refractivity contribution in [1.29, 1.82) is 0 Å². The van der Waals surface area contributed by atoms with Crippen molar-refractivity contribution < 1.29 is 14.3 Å². The Morgan fingerprint density at radius 2 is 1.64 bits per heavy atom. The van der Waals surface area contributed by atoms with Crippen molar-refractivity contribution in [3.63, 3.8) is 0 Å². The van der Waals surface area contributed by atoms with Gasteiger partial charge in [-0.1, -0.05) is 37.3 Å². The molecule has 4 nitrogen and oxygen atoms in total. The number of anilines is 1. The standard InChI is InChI=1S/C21H25NO3/c1-5-17-8-10-19(11-9-17)22-21(24)16(4)25-20(23)13-18-7-6-14(2)15(3)12-18/h6-12,16H,5,13H2,1-4H3,(H,22,24)/t16-/m0/s1. The van der Waals surface area contributed by atoms with Crippen molar-refractivity contribution in [1.82, 2.24) is 0 Å². The number of amides is 1. The molecule has 0 aliphatic rings. The lowest BCUT2D eigenvalue weighted by molar-refractivity contribution is -0.152. The van der Waals surface area contributed by atoms with E-state index in [-0.39, 0.29) is 12.3 Å². The van der Waals surface area contributed by atoms with Crippen LogP contribution in [0.4, 0.5) is 5.69 Å². The van der Waals surface area contributed by atoms with Crippen LogP contribution in [0.15, 0.2) is 42.5 Å². The number of carbonyl (C=O) groups excluding carboxylic acids is 2. The minimum atomic E-state index is -0.843. The van der Waals surface area contributed by atoms with Gasteiger partial charge in [-0.25, -0.2) is 0 Å². The highest BCUT2D eigenvalue weighted by atomic mass is 16.5. The van der Waals surface area contributed by atoms with Crippen LogP contribution in [0.2, 0.25) is 0 Å². The molecular weight excluding hydrogens is 314 g/mol. The number of carbonyl (C=O) groups is 2. The molecule has 0 saturated heterocycles. The largest absolute Gasteiger partial charge is 0.452 e. The first-order valence-corrected chi connectivity index (χ1v) is 8.54. The van der Waals surface area contributed by atoms with Crippen molar-refractivity contribution in [3.05, 3.63) is 64.7 Å². The van der Waals surface area contributed by atoms with Crippen LogP contribution in [-0.2, 0) is 27.2 Å². The maximum absolute atomic E-state index is 12.2. The average Bonchev–Trinajstić information content (AvgIpc) is 2.58. The van der Waals surface area contributed by atoms with Gasteiger partial charge in [-0.2, -0.15) is 0 Å². The Kier molecular flexibility index (Phi) is 6.34. The normalized spacial score (nSPS) is 11.7. The van der Waals surface area contributed by atoms with E-state index in [1.165, 1.54) is 11.1 Å². The third-order valence-corrected chi connectivity index (χ3v) is 4.23. The van der Waals surface area contributed by atoms with Gasteiger partial charge in [0.1, 0.15) is 0 Å². The third kappa shape index (κ3) is 5.45. The number of hydrogen-bond acceptors (Lipinski definition) is 3. The number of nitrogens with one attached hydrogen (secondary N) is 1. The zero-order chi connectivity index (χ0) is 18.4. The van der Waals surface area contributed by atoms with Gasteiger partial charge in [0.2, 0.25) is 0 Å². The zero-order valence-corrected chi connectivity index (χ0v) is 15.3. The molecule has 1 N–H and O–H groups in total. The molecule has 1 atom stereocenters. The molecule has 2 aromatic rings. The smallest absolute Gasteiger partial charge is 0.311 e. The summed E-state index contributed by atoms with van der Waals surface area (Å²) >= 11 is 0. The van der Waals surface area contributed by atoms with E-state index < -0.39 is 12.1 Å². The van der Waals surface area contributed by atoms with Gasteiger partial charge in [0.05, 0.1) is 6.42 Å². The monoisotopic (exact) mass is 339 g/mol. The Morgan fingerprint density at radius 3 is 2.24 bits per heavy atom. The van der Waals surface area contributed by atoms with Gasteiger partial charge in [0, 0.05) is 5.69 Å². The van der Waals surface area contributed by atoms with Crippen molar-refractivity contribution in [2.24, 2.45) is 0 Å². The first-order chi connectivity index (χ1) is 11.9. The molecule has 0 aromatic heterocycles. The van der Waals surface area contributed by atoms with Crippen LogP contribution in [0, 0.1) is 13.8 Å². The fourth-order valence-corrected chi connectivity index (χ4v) is 2.44. The van der Waals surface area contributed by atoms with Gasteiger partial charge >= 0.3 is 5.97 Å². The van der Waals surface area contributed by atoms with Crippen molar-refractivity contribution in [2.45, 2.75) is 46.6 Å². The molecule has 0 spiro atoms. The summed E-state index contributed by atoms with van der Waals surface area (Å²) in [7, 11) is 0. The van der Waals surface area contributed by atoms with Crippen molar-refractivity contribution in [2.75, 3.05) is 5.32 Å². The summed E-state index contributed by atoms with van der Waals surface area (Å²) < 4.78 is 5.25. The summed E-state index contributed by atoms with van der Waals surface area (Å²) in [6.45, 7) is 7.68. The summed E-state index contributed by atoms with van der Waals surface area (Å²) in [6.07, 6.45) is 0.259. The number of esters is 1. The Labute approximate surface area is 149 Å². The minimum absolute atomic E-state index is 0.157. The van der Waals surface area contributed by atoms with Crippen LogP contribution in [0.5, 0.6) is 0 Å². The predicted molar refractivity (Wildman–Crippen MR) is 99.6 cm³/mol. The van der Waals surface area contributed by atoms with E-state index in [0.29, 0.717) is 5.69 Å². The lowest BCUT2D eigenvalue weighted by Crippen LogP contribution is -2.30. The molecule has 0 fully saturated rings. The van der Waals surface area contributed by atoms with Crippen molar-refractivity contribution in [3.8, 4) is 0 Å². The van der Waals surface area contributed by atoms with E-state index >= 15 is 0 Å². The lowest BCUT2D eigenvalue weighted by atomic mass is 10.0. The summed E-state index contributed by atoms with van der Waals surface area (Å²) in [5, 5.41) is 2.76. The third-order valence-electron chi connectivity index (χ3n) is 4.23. The Hall–Kier alpha value is -2.62. The molecule has 132 valence electrons. The molecule has 4 heteroatoms. The molecule has 0 aliphatic carbocycles. The second-order valence-electron chi connectivity index (χ2n) is 6.27. The highest BCUT2D eigenvalue weighted by molar-refractivity contribution is 5.95. The van der Waals surface area contributed by atoms with E-state index in [0.717, 1.165) is 17.5 Å². The van der Waals surface area contributed by atoms with Gasteiger partial charge in [-0.3, -0.25) is 9.59 Å². The minimum Gasteiger partial charge on any atom is -0.452 e. The molecule has 2 rings (SSSR count). The summed E-state index contributed by atoms with van der Waals surface area (Å²) in [5.41, 5.74) is 5.09. The van der Waals surface area contributed by atoms with Gasteiger partial charge in [0.15, 0.2) is 6.10 Å². The van der Waals surface area contributed by atoms with E-state index in [9.17, 15) is 9.59 Å². The molecule has 0 radical (unpaired) electrons. The fraction of sp³-hybridized carbons (Fsp3) is 0.333. The van der Waals surface area contributed by atoms with Crippen LogP contribution >= 0.6 is 0 Å². The van der Waals surface area contributed by atoms with Gasteiger partial charge < -0.3 is 10.1 Å². The summed E-state index contributed by atoms with van der Waals surface area (Å²) in [4.78, 5) is 24.2. The Morgan fingerprint density at radius 1 is 1.00 bits per heavy atom. The molecule has 0 aliphatic heterocycles. The number of benzene rings is 2. The molecule has 0 bridgehead atoms. The molecule has 0 heterocycles. The van der Waals surface area contributed by atoms with E-state index in [1.807, 2.05) is 56.3 Å². The predicted octanol–water partition coefficient (Wildman–Crippen LogP) is 3.98. The second-order valence-corrected chi connectivity index (χ2v) is 6.27. The Balaban J connectivity index is 1.88. The van der Waals surface area contributed by atoms with Crippen molar-refractivity contribution >= 4 is 17.6 Å². The highest BCUT2D eigenvalue weighted by Crippen LogP contribution is 2.13. The summed E-state index contributed by atoms with van der Waals surface area (Å²) in [5.74, 6) is -0.745. The molecule has 25 heavy (non-hydrogen) atoms. The van der Waals surface area contributed by atoms with Crippen LogP contribution in [0.25, 0.3) is 0 Å². The SMILES string of the molecule is CCc1ccc(NC(=O)[C@H](C)OC(=O)Cc2ccc(C)c(C)c2)cc1. The number of rotatable bonds is 6. The number of aryl methyl sites for hydroxylation is 3. The average molecular weight is 339 g/mol. The topological polar surface area (TPSA) is 55.4 Å². The maximum Gasteiger partial charge on any atom is 0.311 e. The summed E-state index contributed by atoms with van der Waals surface area (Å²) in [6, 6.07) is 13.5. The number of ether oxygens (including phenoxy) is 1. The van der Waals surface area contributed by atoms with Crippen LogP contribution in [0.3, 0.4) is 0 Å². The molecule has 0 saturated carbocycles. The maximum atomic E-state index is 12.2. The van der Waals surface area contributed by atoms with Gasteiger partial charge in [-0.15, -0.1) is 0 Å². The first-order valence-electron chi connectivity index (χ1n) is 8.54. The van der Waals surface area contributed by atoms with Crippen LogP contribution in [0.1, 0.15) is 36.1 Å². The fourth-order valence-electron chi connectivity index (χ4n) is 2.44. The zero-order valence-electron chi connectivity index (χ0n) is 15.3. The quantitative estimate of drug-likeness (QED) is 0.810. The highest BCUT2D eigenvalue weighted by Gasteiger charge is 2.18. The molecule has 0 unspecified atom stereocenters. The van der Waals surface area contributed by atoms with Gasteiger partial charge in [-0.05, 0) is 61.6 Å². The second kappa shape index (κ2) is 8.47. The molecule has 2 aromatic carbocycles. The first kappa shape index (κ1) is 18.7.